The Morgan fingerprint density at radius 1 is 1.62 bits per heavy atom. The number of carboxylic acid groups (broad SMARTS) is 1. The van der Waals surface area contributed by atoms with Gasteiger partial charge in [0.1, 0.15) is 6.04 Å². The van der Waals surface area contributed by atoms with Crippen molar-refractivity contribution in [1.82, 2.24) is 0 Å². The Morgan fingerprint density at radius 3 is 2.00 bits per heavy atom. The van der Waals surface area contributed by atoms with Gasteiger partial charge in [-0.15, -0.1) is 0 Å². The highest BCUT2D eigenvalue weighted by Gasteiger charge is 2.14. The lowest BCUT2D eigenvalue weighted by Gasteiger charge is -2.07. The van der Waals surface area contributed by atoms with Crippen molar-refractivity contribution in [3.63, 3.8) is 0 Å². The molecule has 0 rings (SSSR count). The van der Waals surface area contributed by atoms with Crippen LogP contribution in [-0.4, -0.2) is 17.1 Å². The molecule has 0 aromatic heterocycles. The van der Waals surface area contributed by atoms with Crippen molar-refractivity contribution in [2.75, 3.05) is 0 Å². The molecule has 0 saturated carbocycles. The number of hydrogen-bond donors (Lipinski definition) is 2. The molecule has 0 aromatic carbocycles. The molecule has 0 heterocycles. The number of aliphatic carboxylic acids is 1. The first kappa shape index (κ1) is 7.43. The van der Waals surface area contributed by atoms with Gasteiger partial charge in [-0.25, -0.2) is 0 Å². The van der Waals surface area contributed by atoms with Crippen LogP contribution in [0, 0.1) is 5.92 Å². The molecule has 0 aliphatic heterocycles. The molecule has 3 N–H and O–H groups in total. The molecule has 3 heteroatoms. The van der Waals surface area contributed by atoms with Gasteiger partial charge in [0.15, 0.2) is 0 Å². The largest absolute Gasteiger partial charge is 0.480 e. The summed E-state index contributed by atoms with van der Waals surface area (Å²) in [6.07, 6.45) is 0. The molecule has 0 aliphatic carbocycles. The van der Waals surface area contributed by atoms with Crippen molar-refractivity contribution in [2.45, 2.75) is 19.9 Å². The summed E-state index contributed by atoms with van der Waals surface area (Å²) in [6, 6.07) is -0.713. The summed E-state index contributed by atoms with van der Waals surface area (Å²) in [5, 5.41) is 8.23. The zero-order chi connectivity index (χ0) is 6.73. The summed E-state index contributed by atoms with van der Waals surface area (Å²) in [7, 11) is 0. The molecule has 0 saturated heterocycles. The summed E-state index contributed by atoms with van der Waals surface area (Å²) in [5.41, 5.74) is 5.16. The lowest BCUT2D eigenvalue weighted by Crippen LogP contribution is -2.34. The third kappa shape index (κ3) is 1.93. The highest BCUT2D eigenvalue weighted by molar-refractivity contribution is 5.73. The van der Waals surface area contributed by atoms with E-state index in [0.717, 1.165) is 0 Å². The fourth-order valence-corrected chi connectivity index (χ4v) is 0.285. The Labute approximate surface area is 48.5 Å². The van der Waals surface area contributed by atoms with E-state index in [0.29, 0.717) is 0 Å². The van der Waals surface area contributed by atoms with Crippen LogP contribution < -0.4 is 5.73 Å². The van der Waals surface area contributed by atoms with E-state index in [2.05, 4.69) is 0 Å². The van der Waals surface area contributed by atoms with Crippen LogP contribution in [0.1, 0.15) is 13.8 Å². The molecule has 48 valence electrons. The minimum atomic E-state index is -0.931. The van der Waals surface area contributed by atoms with Crippen molar-refractivity contribution in [1.29, 1.82) is 0 Å². The van der Waals surface area contributed by atoms with E-state index in [9.17, 15) is 4.79 Å². The van der Waals surface area contributed by atoms with Crippen LogP contribution in [0.2, 0.25) is 0 Å². The standard InChI is InChI=1S/C5H11NO2/c1-3(2)4(6)5(7)8/h3-4H,6H2,1-2H3,(H,7,8)/t4-/m0/s1/i1+1,2+1,3+1,4+1,5+1,6+1. The Bertz CT molecular complexity index is 90.4. The highest BCUT2D eigenvalue weighted by Crippen LogP contribution is 1.96. The maximum absolute atomic E-state index is 10.0. The van der Waals surface area contributed by atoms with Gasteiger partial charge in [-0.1, -0.05) is 13.8 Å². The van der Waals surface area contributed by atoms with Gasteiger partial charge in [0, 0.05) is 0 Å². The monoisotopic (exact) mass is 123 g/mol. The Hall–Kier alpha value is -0.570. The number of carboxylic acids is 1. The van der Waals surface area contributed by atoms with Crippen molar-refractivity contribution in [3.8, 4) is 0 Å². The van der Waals surface area contributed by atoms with Crippen LogP contribution >= 0.6 is 0 Å². The third-order valence-corrected chi connectivity index (χ3v) is 1.00. The molecule has 0 amide bonds. The molecule has 0 aliphatic rings. The van der Waals surface area contributed by atoms with Gasteiger partial charge in [-0.2, -0.15) is 0 Å². The Morgan fingerprint density at radius 2 is 2.00 bits per heavy atom. The van der Waals surface area contributed by atoms with E-state index >= 15 is 0 Å². The molecule has 0 fully saturated rings. The lowest BCUT2D eigenvalue weighted by atomic mass is 11.1. The van der Waals surface area contributed by atoms with Crippen molar-refractivity contribution < 1.29 is 9.90 Å². The highest BCUT2D eigenvalue weighted by atomic mass is 16.5. The average Bonchev–Trinajstić information content (AvgIpc) is 1.64. The summed E-state index contributed by atoms with van der Waals surface area (Å²) in [6.45, 7) is 3.55. The zero-order valence-corrected chi connectivity index (χ0v) is 5.09. The van der Waals surface area contributed by atoms with Gasteiger partial charge in [0.25, 0.3) is 0 Å². The van der Waals surface area contributed by atoms with E-state index < -0.39 is 12.0 Å². The quantitative estimate of drug-likeness (QED) is 0.403. The Kier molecular flexibility index (Phi) is 2.48. The molecule has 0 aromatic rings. The van der Waals surface area contributed by atoms with Gasteiger partial charge >= 0.3 is 5.97 Å². The molecule has 0 bridgehead atoms. The first-order valence-electron chi connectivity index (χ1n) is 2.54. The molecular formula is C5H11NO2. The second-order valence-electron chi connectivity index (χ2n) is 2.11. The minimum absolute atomic E-state index is 0.0208. The van der Waals surface area contributed by atoms with Crippen molar-refractivity contribution in [3.05, 3.63) is 0 Å². The van der Waals surface area contributed by atoms with Crippen molar-refractivity contribution in [2.24, 2.45) is 11.7 Å². The summed E-state index contributed by atoms with van der Waals surface area (Å²) >= 11 is 0. The second kappa shape index (κ2) is 2.67. The first-order chi connectivity index (χ1) is 3.55. The molecule has 8 heavy (non-hydrogen) atoms. The number of hydrogen-bond acceptors (Lipinski definition) is 2. The van der Waals surface area contributed by atoms with Crippen LogP contribution in [-0.2, 0) is 4.79 Å². The minimum Gasteiger partial charge on any atom is -0.480 e. The zero-order valence-electron chi connectivity index (χ0n) is 5.09. The van der Waals surface area contributed by atoms with E-state index in [1.54, 1.807) is 13.8 Å². The van der Waals surface area contributed by atoms with Gasteiger partial charge < -0.3 is 10.8 Å². The summed E-state index contributed by atoms with van der Waals surface area (Å²) < 4.78 is 0. The molecule has 0 unspecified atom stereocenters. The van der Waals surface area contributed by atoms with E-state index in [1.165, 1.54) is 0 Å². The molecule has 1 atom stereocenters. The van der Waals surface area contributed by atoms with E-state index in [1.807, 2.05) is 0 Å². The van der Waals surface area contributed by atoms with Crippen LogP contribution in [0.3, 0.4) is 0 Å². The van der Waals surface area contributed by atoms with Gasteiger partial charge in [0.05, 0.1) is 0 Å². The predicted octanol–water partition coefficient (Wildman–Crippen LogP) is 0.0543. The van der Waals surface area contributed by atoms with Crippen LogP contribution in [0.15, 0.2) is 0 Å². The van der Waals surface area contributed by atoms with Crippen LogP contribution in [0.25, 0.3) is 0 Å². The summed E-state index contributed by atoms with van der Waals surface area (Å²) in [4.78, 5) is 10.0. The average molecular weight is 123 g/mol. The van der Waals surface area contributed by atoms with Gasteiger partial charge in [-0.05, 0) is 5.92 Å². The van der Waals surface area contributed by atoms with Crippen LogP contribution in [0.5, 0.6) is 0 Å². The molecule has 0 spiro atoms. The number of carbonyl (C=O) groups is 1. The summed E-state index contributed by atoms with van der Waals surface area (Å²) in [5.74, 6) is -0.910. The van der Waals surface area contributed by atoms with Crippen LogP contribution in [0.4, 0.5) is 0 Å². The first-order valence-corrected chi connectivity index (χ1v) is 2.54. The number of nitrogens with two attached hydrogens (primary N) is 1. The van der Waals surface area contributed by atoms with E-state index in [-0.39, 0.29) is 5.92 Å². The molecule has 0 radical (unpaired) electrons. The van der Waals surface area contributed by atoms with Crippen molar-refractivity contribution >= 4 is 5.97 Å². The number of rotatable bonds is 2. The topological polar surface area (TPSA) is 63.3 Å². The van der Waals surface area contributed by atoms with Gasteiger partial charge in [0.2, 0.25) is 0 Å². The van der Waals surface area contributed by atoms with Gasteiger partial charge in [-0.3, -0.25) is 4.79 Å². The Balaban J connectivity index is 3.64. The third-order valence-electron chi connectivity index (χ3n) is 1.00. The molecular weight excluding hydrogens is 112 g/mol. The molecule has 3 nitrogen and oxygen atoms in total. The SMILES string of the molecule is [13CH3][13CH]([13CH3])[13C@H]([15NH2])[13C](=O)O. The van der Waals surface area contributed by atoms with E-state index in [4.69, 9.17) is 10.8 Å². The fourth-order valence-electron chi connectivity index (χ4n) is 0.285. The lowest BCUT2D eigenvalue weighted by molar-refractivity contribution is -0.139. The second-order valence-corrected chi connectivity index (χ2v) is 2.11. The maximum atomic E-state index is 10.0. The maximum Gasteiger partial charge on any atom is 0.320 e. The smallest absolute Gasteiger partial charge is 0.320 e. The fraction of sp³-hybridized carbons (Fsp3) is 0.800. The predicted molar refractivity (Wildman–Crippen MR) is 30.4 cm³/mol. The normalized spacial score (nSPS) is 14.0.